The number of piperidine rings is 1. The average molecular weight is 304 g/mol. The van der Waals surface area contributed by atoms with Crippen LogP contribution in [0.4, 0.5) is 0 Å². The van der Waals surface area contributed by atoms with E-state index < -0.39 is 10.0 Å². The zero-order valence-electron chi connectivity index (χ0n) is 12.2. The highest BCUT2D eigenvalue weighted by Crippen LogP contribution is 2.20. The lowest BCUT2D eigenvalue weighted by atomic mass is 9.98. The molecule has 2 aliphatic heterocycles. The minimum atomic E-state index is -3.21. The molecular weight excluding hydrogens is 280 g/mol. The van der Waals surface area contributed by atoms with Gasteiger partial charge in [0.2, 0.25) is 15.9 Å². The topological polar surface area (TPSA) is 75.7 Å². The Bertz CT molecular complexity index is 445. The van der Waals surface area contributed by atoms with Gasteiger partial charge >= 0.3 is 0 Å². The highest BCUT2D eigenvalue weighted by molar-refractivity contribution is 7.88. The van der Waals surface area contributed by atoms with Crippen LogP contribution < -0.4 is 5.32 Å². The van der Waals surface area contributed by atoms with E-state index in [1.165, 1.54) is 10.6 Å². The number of sulfonamides is 1. The lowest BCUT2D eigenvalue weighted by Gasteiger charge is -2.31. The second-order valence-electron chi connectivity index (χ2n) is 5.81. The zero-order chi connectivity index (χ0) is 14.8. The van der Waals surface area contributed by atoms with Crippen LogP contribution in [-0.2, 0) is 19.6 Å². The molecule has 0 unspecified atom stereocenters. The van der Waals surface area contributed by atoms with Crippen molar-refractivity contribution >= 4 is 15.9 Å². The lowest BCUT2D eigenvalue weighted by Crippen LogP contribution is -2.49. The van der Waals surface area contributed by atoms with Crippen LogP contribution in [0.25, 0.3) is 0 Å². The smallest absolute Gasteiger partial charge is 0.224 e. The van der Waals surface area contributed by atoms with Gasteiger partial charge in [-0.2, -0.15) is 0 Å². The summed E-state index contributed by atoms with van der Waals surface area (Å²) in [6.45, 7) is 3.52. The molecule has 0 aliphatic carbocycles. The van der Waals surface area contributed by atoms with Gasteiger partial charge in [-0.25, -0.2) is 12.7 Å². The number of nitrogens with zero attached hydrogens (tertiary/aromatic N) is 1. The SMILES string of the molecule is C[C@H](NC(=O)[C@@H]1CCCN(S(C)(=O)=O)C1)[C@H]1CCCO1. The molecule has 0 aromatic carbocycles. The predicted molar refractivity (Wildman–Crippen MR) is 75.7 cm³/mol. The Labute approximate surface area is 120 Å². The van der Waals surface area contributed by atoms with Crippen molar-refractivity contribution in [2.24, 2.45) is 5.92 Å². The maximum atomic E-state index is 12.2. The molecule has 0 aromatic rings. The summed E-state index contributed by atoms with van der Waals surface area (Å²) in [5.41, 5.74) is 0. The molecule has 0 aromatic heterocycles. The van der Waals surface area contributed by atoms with Crippen LogP contribution in [-0.4, -0.2) is 56.7 Å². The van der Waals surface area contributed by atoms with Crippen molar-refractivity contribution in [3.63, 3.8) is 0 Å². The van der Waals surface area contributed by atoms with Crippen molar-refractivity contribution in [2.75, 3.05) is 26.0 Å². The molecule has 3 atom stereocenters. The molecule has 116 valence electrons. The molecule has 2 aliphatic rings. The number of hydrogen-bond donors (Lipinski definition) is 1. The molecule has 1 N–H and O–H groups in total. The quantitative estimate of drug-likeness (QED) is 0.813. The molecule has 2 heterocycles. The van der Waals surface area contributed by atoms with E-state index >= 15 is 0 Å². The Morgan fingerprint density at radius 2 is 2.10 bits per heavy atom. The van der Waals surface area contributed by atoms with Crippen molar-refractivity contribution in [3.8, 4) is 0 Å². The summed E-state index contributed by atoms with van der Waals surface area (Å²) >= 11 is 0. The first-order valence-electron chi connectivity index (χ1n) is 7.25. The van der Waals surface area contributed by atoms with Crippen molar-refractivity contribution < 1.29 is 17.9 Å². The van der Waals surface area contributed by atoms with Crippen molar-refractivity contribution in [2.45, 2.75) is 44.8 Å². The van der Waals surface area contributed by atoms with Crippen LogP contribution in [0.2, 0.25) is 0 Å². The van der Waals surface area contributed by atoms with Gasteiger partial charge in [0.05, 0.1) is 24.3 Å². The van der Waals surface area contributed by atoms with Crippen molar-refractivity contribution in [3.05, 3.63) is 0 Å². The third kappa shape index (κ3) is 3.93. The summed E-state index contributed by atoms with van der Waals surface area (Å²) in [5.74, 6) is -0.302. The summed E-state index contributed by atoms with van der Waals surface area (Å²) in [6.07, 6.45) is 4.78. The van der Waals surface area contributed by atoms with E-state index in [2.05, 4.69) is 5.32 Å². The molecule has 2 rings (SSSR count). The molecule has 7 heteroatoms. The number of carbonyl (C=O) groups excluding carboxylic acids is 1. The lowest BCUT2D eigenvalue weighted by molar-refractivity contribution is -0.127. The summed E-state index contributed by atoms with van der Waals surface area (Å²) in [6, 6.07) is -0.0152. The van der Waals surface area contributed by atoms with Gasteiger partial charge in [-0.05, 0) is 32.6 Å². The minimum absolute atomic E-state index is 0.0152. The van der Waals surface area contributed by atoms with Gasteiger partial charge in [0.15, 0.2) is 0 Å². The Morgan fingerprint density at radius 3 is 2.70 bits per heavy atom. The number of rotatable bonds is 4. The third-order valence-corrected chi connectivity index (χ3v) is 5.39. The van der Waals surface area contributed by atoms with Gasteiger partial charge in [0.25, 0.3) is 0 Å². The number of nitrogens with one attached hydrogen (secondary N) is 1. The van der Waals surface area contributed by atoms with Gasteiger partial charge in [-0.1, -0.05) is 0 Å². The van der Waals surface area contributed by atoms with Gasteiger partial charge in [0, 0.05) is 19.7 Å². The fourth-order valence-electron chi connectivity index (χ4n) is 2.89. The van der Waals surface area contributed by atoms with E-state index in [-0.39, 0.29) is 24.0 Å². The van der Waals surface area contributed by atoms with Crippen LogP contribution >= 0.6 is 0 Å². The van der Waals surface area contributed by atoms with Crippen molar-refractivity contribution in [1.29, 1.82) is 0 Å². The fourth-order valence-corrected chi connectivity index (χ4v) is 3.80. The molecule has 0 radical (unpaired) electrons. The first-order chi connectivity index (χ1) is 9.38. The monoisotopic (exact) mass is 304 g/mol. The van der Waals surface area contributed by atoms with E-state index in [0.717, 1.165) is 32.3 Å². The highest BCUT2D eigenvalue weighted by Gasteiger charge is 2.32. The minimum Gasteiger partial charge on any atom is -0.376 e. The van der Waals surface area contributed by atoms with E-state index in [1.807, 2.05) is 6.92 Å². The predicted octanol–water partition coefficient (Wildman–Crippen LogP) is 0.342. The number of carbonyl (C=O) groups is 1. The molecule has 0 bridgehead atoms. The van der Waals surface area contributed by atoms with E-state index in [4.69, 9.17) is 4.74 Å². The number of hydrogen-bond acceptors (Lipinski definition) is 4. The number of amides is 1. The fraction of sp³-hybridized carbons (Fsp3) is 0.923. The summed E-state index contributed by atoms with van der Waals surface area (Å²) < 4.78 is 30.1. The zero-order valence-corrected chi connectivity index (χ0v) is 13.0. The molecule has 1 amide bonds. The average Bonchev–Trinajstić information content (AvgIpc) is 2.91. The Hall–Kier alpha value is -0.660. The van der Waals surface area contributed by atoms with Gasteiger partial charge in [0.1, 0.15) is 0 Å². The van der Waals surface area contributed by atoms with E-state index in [0.29, 0.717) is 13.1 Å². The van der Waals surface area contributed by atoms with Crippen LogP contribution in [0.5, 0.6) is 0 Å². The summed E-state index contributed by atoms with van der Waals surface area (Å²) in [7, 11) is -3.21. The molecule has 0 spiro atoms. The first-order valence-corrected chi connectivity index (χ1v) is 9.10. The van der Waals surface area contributed by atoms with Crippen LogP contribution in [0.15, 0.2) is 0 Å². The van der Waals surface area contributed by atoms with Crippen LogP contribution in [0.3, 0.4) is 0 Å². The van der Waals surface area contributed by atoms with Gasteiger partial charge in [-0.3, -0.25) is 4.79 Å². The Balaban J connectivity index is 1.88. The normalized spacial score (nSPS) is 30.1. The molecule has 2 fully saturated rings. The number of ether oxygens (including phenoxy) is 1. The summed E-state index contributed by atoms with van der Waals surface area (Å²) in [4.78, 5) is 12.2. The first kappa shape index (κ1) is 15.7. The summed E-state index contributed by atoms with van der Waals surface area (Å²) in [5, 5.41) is 2.98. The van der Waals surface area contributed by atoms with Crippen LogP contribution in [0, 0.1) is 5.92 Å². The largest absolute Gasteiger partial charge is 0.376 e. The second-order valence-corrected chi connectivity index (χ2v) is 7.79. The van der Waals surface area contributed by atoms with Gasteiger partial charge < -0.3 is 10.1 Å². The molecule has 2 saturated heterocycles. The highest BCUT2D eigenvalue weighted by atomic mass is 32.2. The maximum Gasteiger partial charge on any atom is 0.224 e. The van der Waals surface area contributed by atoms with Crippen molar-refractivity contribution in [1.82, 2.24) is 9.62 Å². The molecular formula is C13H24N2O4S. The van der Waals surface area contributed by atoms with Crippen LogP contribution in [0.1, 0.15) is 32.6 Å². The van der Waals surface area contributed by atoms with E-state index in [1.54, 1.807) is 0 Å². The third-order valence-electron chi connectivity index (χ3n) is 4.12. The molecule has 6 nitrogen and oxygen atoms in total. The second kappa shape index (κ2) is 6.41. The van der Waals surface area contributed by atoms with E-state index in [9.17, 15) is 13.2 Å². The molecule has 20 heavy (non-hydrogen) atoms. The Morgan fingerprint density at radius 1 is 1.35 bits per heavy atom. The Kier molecular flexibility index (Phi) is 5.04. The standard InChI is InChI=1S/C13H24N2O4S/c1-10(12-6-4-8-19-12)14-13(16)11-5-3-7-15(9-11)20(2,17)18/h10-12H,3-9H2,1-2H3,(H,14,16)/t10-,11+,12+/m0/s1. The molecule has 0 saturated carbocycles. The van der Waals surface area contributed by atoms with Gasteiger partial charge in [-0.15, -0.1) is 0 Å². The maximum absolute atomic E-state index is 12.2.